The van der Waals surface area contributed by atoms with Crippen LogP contribution in [0.2, 0.25) is 5.02 Å². The minimum atomic E-state index is -0.616. The monoisotopic (exact) mass is 396 g/mol. The highest BCUT2D eigenvalue weighted by molar-refractivity contribution is 7.99. The number of hydrogen-bond acceptors (Lipinski definition) is 3. The third-order valence-corrected chi connectivity index (χ3v) is 5.75. The van der Waals surface area contributed by atoms with Crippen LogP contribution in [0.5, 0.6) is 0 Å². The fourth-order valence-corrected chi connectivity index (χ4v) is 4.67. The Labute approximate surface area is 160 Å². The van der Waals surface area contributed by atoms with Gasteiger partial charge in [0.2, 0.25) is 5.91 Å². The number of benzene rings is 2. The molecular formula is C19H19ClF2N2OS. The van der Waals surface area contributed by atoms with E-state index in [1.807, 2.05) is 29.2 Å². The maximum Gasteiger partial charge on any atom is 0.237 e. The summed E-state index contributed by atoms with van der Waals surface area (Å²) in [5.74, 6) is -0.413. The van der Waals surface area contributed by atoms with Crippen molar-refractivity contribution in [3.8, 4) is 0 Å². The Morgan fingerprint density at radius 3 is 2.65 bits per heavy atom. The fourth-order valence-electron chi connectivity index (χ4n) is 3.05. The average Bonchev–Trinajstić information content (AvgIpc) is 3.03. The van der Waals surface area contributed by atoms with Crippen molar-refractivity contribution in [2.24, 2.45) is 0 Å². The second-order valence-electron chi connectivity index (χ2n) is 6.28. The topological polar surface area (TPSA) is 23.6 Å². The van der Waals surface area contributed by atoms with Gasteiger partial charge in [0.05, 0.1) is 6.54 Å². The van der Waals surface area contributed by atoms with Gasteiger partial charge in [-0.3, -0.25) is 9.69 Å². The SMILES string of the molecule is CN(CC(=O)N1CCSC1c1ccccc1Cl)Cc1cc(F)cc(F)c1. The Hall–Kier alpha value is -1.63. The van der Waals surface area contributed by atoms with Gasteiger partial charge in [-0.25, -0.2) is 8.78 Å². The minimum Gasteiger partial charge on any atom is -0.325 e. The summed E-state index contributed by atoms with van der Waals surface area (Å²) < 4.78 is 26.6. The predicted octanol–water partition coefficient (Wildman–Crippen LogP) is 4.32. The summed E-state index contributed by atoms with van der Waals surface area (Å²) in [6.07, 6.45) is 0. The lowest BCUT2D eigenvalue weighted by Gasteiger charge is -2.27. The van der Waals surface area contributed by atoms with E-state index in [0.29, 0.717) is 17.1 Å². The van der Waals surface area contributed by atoms with Gasteiger partial charge >= 0.3 is 0 Å². The van der Waals surface area contributed by atoms with Crippen molar-refractivity contribution in [2.45, 2.75) is 11.9 Å². The van der Waals surface area contributed by atoms with Gasteiger partial charge in [-0.2, -0.15) is 0 Å². The largest absolute Gasteiger partial charge is 0.325 e. The molecule has 1 heterocycles. The van der Waals surface area contributed by atoms with E-state index < -0.39 is 11.6 Å². The normalized spacial score (nSPS) is 17.1. The Morgan fingerprint density at radius 1 is 1.27 bits per heavy atom. The van der Waals surface area contributed by atoms with Crippen LogP contribution in [0, 0.1) is 11.6 Å². The molecule has 7 heteroatoms. The zero-order chi connectivity index (χ0) is 18.7. The van der Waals surface area contributed by atoms with E-state index in [-0.39, 0.29) is 24.4 Å². The maximum atomic E-state index is 13.3. The van der Waals surface area contributed by atoms with Crippen molar-refractivity contribution in [2.75, 3.05) is 25.9 Å². The van der Waals surface area contributed by atoms with Crippen LogP contribution in [0.3, 0.4) is 0 Å². The second kappa shape index (κ2) is 8.37. The summed E-state index contributed by atoms with van der Waals surface area (Å²) in [5, 5.41) is 0.546. The van der Waals surface area contributed by atoms with Gasteiger partial charge in [-0.1, -0.05) is 29.8 Å². The molecule has 1 atom stereocenters. The molecule has 0 aromatic heterocycles. The first-order valence-corrected chi connectivity index (χ1v) is 9.66. The van der Waals surface area contributed by atoms with Crippen LogP contribution in [0.25, 0.3) is 0 Å². The number of amides is 1. The van der Waals surface area contributed by atoms with Crippen LogP contribution in [0.15, 0.2) is 42.5 Å². The van der Waals surface area contributed by atoms with Gasteiger partial charge in [0.25, 0.3) is 0 Å². The Bertz CT molecular complexity index is 785. The highest BCUT2D eigenvalue weighted by Gasteiger charge is 2.32. The molecular weight excluding hydrogens is 378 g/mol. The lowest BCUT2D eigenvalue weighted by Crippen LogP contribution is -2.38. The molecule has 1 saturated heterocycles. The second-order valence-corrected chi connectivity index (χ2v) is 7.88. The summed E-state index contributed by atoms with van der Waals surface area (Å²) in [5.41, 5.74) is 1.43. The molecule has 138 valence electrons. The molecule has 1 fully saturated rings. The van der Waals surface area contributed by atoms with Crippen LogP contribution in [-0.2, 0) is 11.3 Å². The van der Waals surface area contributed by atoms with E-state index >= 15 is 0 Å². The third kappa shape index (κ3) is 4.55. The van der Waals surface area contributed by atoms with Gasteiger partial charge in [0.15, 0.2) is 0 Å². The number of nitrogens with zero attached hydrogens (tertiary/aromatic N) is 2. The number of likely N-dealkylation sites (N-methyl/N-ethyl adjacent to an activating group) is 1. The van der Waals surface area contributed by atoms with E-state index in [1.54, 1.807) is 23.7 Å². The number of thioether (sulfide) groups is 1. The minimum absolute atomic E-state index is 0.0284. The highest BCUT2D eigenvalue weighted by atomic mass is 35.5. The number of rotatable bonds is 5. The molecule has 1 aliphatic heterocycles. The summed E-state index contributed by atoms with van der Waals surface area (Å²) in [6.45, 7) is 1.11. The smallest absolute Gasteiger partial charge is 0.237 e. The first-order chi connectivity index (χ1) is 12.4. The molecule has 1 aliphatic rings. The van der Waals surface area contributed by atoms with E-state index in [9.17, 15) is 13.6 Å². The molecule has 1 amide bonds. The molecule has 0 aliphatic carbocycles. The molecule has 2 aromatic carbocycles. The summed E-state index contributed by atoms with van der Waals surface area (Å²) >= 11 is 7.97. The van der Waals surface area contributed by atoms with E-state index in [2.05, 4.69) is 0 Å². The average molecular weight is 397 g/mol. The van der Waals surface area contributed by atoms with Gasteiger partial charge < -0.3 is 4.90 Å². The maximum absolute atomic E-state index is 13.3. The molecule has 0 N–H and O–H groups in total. The van der Waals surface area contributed by atoms with Crippen LogP contribution in [0.4, 0.5) is 8.78 Å². The number of halogens is 3. The lowest BCUT2D eigenvalue weighted by molar-refractivity contribution is -0.132. The predicted molar refractivity (Wildman–Crippen MR) is 101 cm³/mol. The van der Waals surface area contributed by atoms with Crippen molar-refractivity contribution in [1.82, 2.24) is 9.80 Å². The third-order valence-electron chi connectivity index (χ3n) is 4.16. The molecule has 1 unspecified atom stereocenters. The molecule has 0 radical (unpaired) electrons. The number of hydrogen-bond donors (Lipinski definition) is 0. The van der Waals surface area contributed by atoms with Gasteiger partial charge in [-0.15, -0.1) is 11.8 Å². The quantitative estimate of drug-likeness (QED) is 0.751. The standard InChI is InChI=1S/C19H19ClF2N2OS/c1-23(11-13-8-14(21)10-15(22)9-13)12-18(25)24-6-7-26-19(24)16-4-2-3-5-17(16)20/h2-5,8-10,19H,6-7,11-12H2,1H3. The lowest BCUT2D eigenvalue weighted by atomic mass is 10.2. The summed E-state index contributed by atoms with van der Waals surface area (Å²) in [7, 11) is 1.76. The van der Waals surface area contributed by atoms with Crippen molar-refractivity contribution in [3.05, 3.63) is 70.2 Å². The van der Waals surface area contributed by atoms with Crippen LogP contribution in [-0.4, -0.2) is 41.6 Å². The van der Waals surface area contributed by atoms with Gasteiger partial charge in [0, 0.05) is 35.5 Å². The molecule has 26 heavy (non-hydrogen) atoms. The molecule has 0 bridgehead atoms. The van der Waals surface area contributed by atoms with E-state index in [0.717, 1.165) is 17.4 Å². The first kappa shape index (κ1) is 19.1. The Kier molecular flexibility index (Phi) is 6.16. The Balaban J connectivity index is 1.66. The molecule has 0 spiro atoms. The van der Waals surface area contributed by atoms with Gasteiger partial charge in [-0.05, 0) is 30.8 Å². The first-order valence-electron chi connectivity index (χ1n) is 8.23. The van der Waals surface area contributed by atoms with Gasteiger partial charge in [0.1, 0.15) is 17.0 Å². The van der Waals surface area contributed by atoms with Crippen LogP contribution < -0.4 is 0 Å². The molecule has 0 saturated carbocycles. The van der Waals surface area contributed by atoms with Crippen molar-refractivity contribution < 1.29 is 13.6 Å². The van der Waals surface area contributed by atoms with Crippen LogP contribution >= 0.6 is 23.4 Å². The van der Waals surface area contributed by atoms with Crippen molar-refractivity contribution in [3.63, 3.8) is 0 Å². The zero-order valence-electron chi connectivity index (χ0n) is 14.3. The van der Waals surface area contributed by atoms with E-state index in [4.69, 9.17) is 11.6 Å². The summed E-state index contributed by atoms with van der Waals surface area (Å²) in [4.78, 5) is 16.3. The summed E-state index contributed by atoms with van der Waals surface area (Å²) in [6, 6.07) is 10.9. The zero-order valence-corrected chi connectivity index (χ0v) is 15.9. The highest BCUT2D eigenvalue weighted by Crippen LogP contribution is 2.40. The van der Waals surface area contributed by atoms with Crippen LogP contribution in [0.1, 0.15) is 16.5 Å². The molecule has 3 rings (SSSR count). The van der Waals surface area contributed by atoms with Crippen molar-refractivity contribution >= 4 is 29.3 Å². The Morgan fingerprint density at radius 2 is 1.96 bits per heavy atom. The van der Waals surface area contributed by atoms with E-state index in [1.165, 1.54) is 12.1 Å². The van der Waals surface area contributed by atoms with Crippen molar-refractivity contribution in [1.29, 1.82) is 0 Å². The molecule has 2 aromatic rings. The number of carbonyl (C=O) groups excluding carboxylic acids is 1. The number of carbonyl (C=O) groups is 1. The fraction of sp³-hybridized carbons (Fsp3) is 0.316. The molecule has 3 nitrogen and oxygen atoms in total.